The molecule has 0 bridgehead atoms. The predicted molar refractivity (Wildman–Crippen MR) is 71.1 cm³/mol. The first-order chi connectivity index (χ1) is 8.20. The van der Waals surface area contributed by atoms with Crippen molar-refractivity contribution in [3.63, 3.8) is 0 Å². The number of halogens is 1. The van der Waals surface area contributed by atoms with E-state index in [0.29, 0.717) is 11.0 Å². The van der Waals surface area contributed by atoms with Gasteiger partial charge in [0.25, 0.3) is 5.56 Å². The Bertz CT molecular complexity index is 560. The van der Waals surface area contributed by atoms with E-state index in [1.807, 2.05) is 12.1 Å². The van der Waals surface area contributed by atoms with Crippen LogP contribution in [0, 0.1) is 0 Å². The first kappa shape index (κ1) is 12.0. The minimum atomic E-state index is -0.0560. The van der Waals surface area contributed by atoms with E-state index in [9.17, 15) is 4.79 Å². The van der Waals surface area contributed by atoms with E-state index in [0.717, 1.165) is 12.0 Å². The maximum absolute atomic E-state index is 11.8. The summed E-state index contributed by atoms with van der Waals surface area (Å²) in [6, 6.07) is 8.27. The van der Waals surface area contributed by atoms with Gasteiger partial charge in [0.05, 0.1) is 12.9 Å². The van der Waals surface area contributed by atoms with Crippen molar-refractivity contribution in [2.45, 2.75) is 19.9 Å². The molecule has 0 fully saturated rings. The van der Waals surface area contributed by atoms with Gasteiger partial charge in [0.15, 0.2) is 0 Å². The van der Waals surface area contributed by atoms with Gasteiger partial charge in [-0.25, -0.2) is 4.98 Å². The van der Waals surface area contributed by atoms with E-state index >= 15 is 0 Å². The van der Waals surface area contributed by atoms with Gasteiger partial charge < -0.3 is 0 Å². The third-order valence-corrected chi connectivity index (χ3v) is 3.19. The number of hydrogen-bond acceptors (Lipinski definition) is 2. The van der Waals surface area contributed by atoms with Crippen molar-refractivity contribution in [1.82, 2.24) is 9.55 Å². The lowest BCUT2D eigenvalue weighted by atomic mass is 10.1. The molecule has 17 heavy (non-hydrogen) atoms. The molecule has 88 valence electrons. The molecule has 0 aliphatic heterocycles. The SMILES string of the molecule is CCc1ccc(Cn2cncc(Br)c2=O)cc1. The number of aromatic nitrogens is 2. The van der Waals surface area contributed by atoms with Crippen LogP contribution in [0.5, 0.6) is 0 Å². The summed E-state index contributed by atoms with van der Waals surface area (Å²) in [4.78, 5) is 15.8. The van der Waals surface area contributed by atoms with Crippen molar-refractivity contribution in [2.24, 2.45) is 0 Å². The molecule has 0 spiro atoms. The third kappa shape index (κ3) is 2.82. The molecule has 0 atom stereocenters. The van der Waals surface area contributed by atoms with E-state index in [4.69, 9.17) is 0 Å². The normalized spacial score (nSPS) is 10.5. The quantitative estimate of drug-likeness (QED) is 0.872. The van der Waals surface area contributed by atoms with E-state index < -0.39 is 0 Å². The van der Waals surface area contributed by atoms with Crippen molar-refractivity contribution in [3.8, 4) is 0 Å². The van der Waals surface area contributed by atoms with Gasteiger partial charge in [-0.05, 0) is 33.5 Å². The number of rotatable bonds is 3. The lowest BCUT2D eigenvalue weighted by molar-refractivity contribution is 0.730. The Labute approximate surface area is 108 Å². The van der Waals surface area contributed by atoms with Crippen LogP contribution in [0.25, 0.3) is 0 Å². The summed E-state index contributed by atoms with van der Waals surface area (Å²) in [6.45, 7) is 2.67. The van der Waals surface area contributed by atoms with Gasteiger partial charge in [-0.3, -0.25) is 9.36 Å². The maximum Gasteiger partial charge on any atom is 0.267 e. The van der Waals surface area contributed by atoms with Crippen LogP contribution in [-0.4, -0.2) is 9.55 Å². The van der Waals surface area contributed by atoms with Crippen LogP contribution < -0.4 is 5.56 Å². The highest BCUT2D eigenvalue weighted by Crippen LogP contribution is 2.06. The van der Waals surface area contributed by atoms with Gasteiger partial charge in [-0.15, -0.1) is 0 Å². The molecule has 2 rings (SSSR count). The van der Waals surface area contributed by atoms with Crippen LogP contribution in [-0.2, 0) is 13.0 Å². The predicted octanol–water partition coefficient (Wildman–Crippen LogP) is 2.62. The van der Waals surface area contributed by atoms with Crippen LogP contribution in [0.2, 0.25) is 0 Å². The van der Waals surface area contributed by atoms with Crippen LogP contribution in [0.15, 0.2) is 46.1 Å². The average Bonchev–Trinajstić information content (AvgIpc) is 2.36. The summed E-state index contributed by atoms with van der Waals surface area (Å²) in [5, 5.41) is 0. The smallest absolute Gasteiger partial charge is 0.267 e. The van der Waals surface area contributed by atoms with Crippen LogP contribution in [0.4, 0.5) is 0 Å². The second kappa shape index (κ2) is 5.27. The number of hydrogen-bond donors (Lipinski definition) is 0. The Morgan fingerprint density at radius 3 is 2.53 bits per heavy atom. The molecule has 1 aromatic heterocycles. The summed E-state index contributed by atoms with van der Waals surface area (Å²) in [5.41, 5.74) is 2.34. The topological polar surface area (TPSA) is 34.9 Å². The molecule has 0 radical (unpaired) electrons. The van der Waals surface area contributed by atoms with Gasteiger partial charge >= 0.3 is 0 Å². The van der Waals surface area contributed by atoms with E-state index in [1.165, 1.54) is 11.8 Å². The molecule has 0 saturated heterocycles. The van der Waals surface area contributed by atoms with Crippen molar-refractivity contribution < 1.29 is 0 Å². The van der Waals surface area contributed by atoms with Crippen molar-refractivity contribution in [3.05, 3.63) is 62.7 Å². The molecule has 2 aromatic rings. The van der Waals surface area contributed by atoms with E-state index in [2.05, 4.69) is 40.0 Å². The zero-order chi connectivity index (χ0) is 12.3. The fourth-order valence-electron chi connectivity index (χ4n) is 1.61. The zero-order valence-electron chi connectivity index (χ0n) is 9.56. The fourth-order valence-corrected chi connectivity index (χ4v) is 1.96. The van der Waals surface area contributed by atoms with Gasteiger partial charge in [0, 0.05) is 6.20 Å². The lowest BCUT2D eigenvalue weighted by Crippen LogP contribution is -2.21. The fraction of sp³-hybridized carbons (Fsp3) is 0.231. The molecule has 1 heterocycles. The molecular formula is C13H13BrN2O. The van der Waals surface area contributed by atoms with Crippen LogP contribution >= 0.6 is 15.9 Å². The van der Waals surface area contributed by atoms with Gasteiger partial charge in [0.1, 0.15) is 4.47 Å². The molecule has 3 nitrogen and oxygen atoms in total. The summed E-state index contributed by atoms with van der Waals surface area (Å²) < 4.78 is 2.08. The molecule has 0 N–H and O–H groups in total. The van der Waals surface area contributed by atoms with Crippen LogP contribution in [0.3, 0.4) is 0 Å². The standard InChI is InChI=1S/C13H13BrN2O/c1-2-10-3-5-11(6-4-10)8-16-9-15-7-12(14)13(16)17/h3-7,9H,2,8H2,1H3. The Balaban J connectivity index is 2.25. The second-order valence-corrected chi connectivity index (χ2v) is 4.70. The van der Waals surface area contributed by atoms with Gasteiger partial charge in [-0.1, -0.05) is 31.2 Å². The summed E-state index contributed by atoms with van der Waals surface area (Å²) in [6.07, 6.45) is 4.10. The molecule has 1 aromatic carbocycles. The molecule has 0 aliphatic rings. The summed E-state index contributed by atoms with van der Waals surface area (Å²) in [7, 11) is 0. The Kier molecular flexibility index (Phi) is 3.74. The first-order valence-electron chi connectivity index (χ1n) is 5.48. The minimum absolute atomic E-state index is 0.0560. The van der Waals surface area contributed by atoms with Gasteiger partial charge in [0.2, 0.25) is 0 Å². The third-order valence-electron chi connectivity index (χ3n) is 2.64. The molecule has 4 heteroatoms. The monoisotopic (exact) mass is 292 g/mol. The molecule has 0 aliphatic carbocycles. The highest BCUT2D eigenvalue weighted by atomic mass is 79.9. The molecule has 0 amide bonds. The first-order valence-corrected chi connectivity index (χ1v) is 6.27. The molecule has 0 saturated carbocycles. The van der Waals surface area contributed by atoms with Crippen molar-refractivity contribution in [1.29, 1.82) is 0 Å². The van der Waals surface area contributed by atoms with E-state index in [1.54, 1.807) is 10.9 Å². The largest absolute Gasteiger partial charge is 0.294 e. The van der Waals surface area contributed by atoms with Crippen molar-refractivity contribution >= 4 is 15.9 Å². The average molecular weight is 293 g/mol. The number of aryl methyl sites for hydroxylation is 1. The maximum atomic E-state index is 11.8. The lowest BCUT2D eigenvalue weighted by Gasteiger charge is -2.06. The zero-order valence-corrected chi connectivity index (χ0v) is 11.1. The molecular weight excluding hydrogens is 280 g/mol. The highest BCUT2D eigenvalue weighted by Gasteiger charge is 2.01. The molecule has 0 unspecified atom stereocenters. The summed E-state index contributed by atoms with van der Waals surface area (Å²) in [5.74, 6) is 0. The highest BCUT2D eigenvalue weighted by molar-refractivity contribution is 9.10. The Hall–Kier alpha value is -1.42. The number of benzene rings is 1. The second-order valence-electron chi connectivity index (χ2n) is 3.84. The van der Waals surface area contributed by atoms with Gasteiger partial charge in [-0.2, -0.15) is 0 Å². The Morgan fingerprint density at radius 1 is 1.24 bits per heavy atom. The van der Waals surface area contributed by atoms with Crippen LogP contribution in [0.1, 0.15) is 18.1 Å². The van der Waals surface area contributed by atoms with E-state index in [-0.39, 0.29) is 5.56 Å². The Morgan fingerprint density at radius 2 is 1.88 bits per heavy atom. The summed E-state index contributed by atoms with van der Waals surface area (Å²) >= 11 is 3.19. The number of nitrogens with zero attached hydrogens (tertiary/aromatic N) is 2. The van der Waals surface area contributed by atoms with Crippen molar-refractivity contribution in [2.75, 3.05) is 0 Å². The minimum Gasteiger partial charge on any atom is -0.294 e.